The second-order valence-electron chi connectivity index (χ2n) is 7.49. The van der Waals surface area contributed by atoms with Crippen LogP contribution in [0, 0.1) is 11.3 Å². The molecular formula is C16H31NOS. The van der Waals surface area contributed by atoms with Crippen molar-refractivity contribution in [3.8, 4) is 0 Å². The molecule has 19 heavy (non-hydrogen) atoms. The van der Waals surface area contributed by atoms with Gasteiger partial charge in [-0.05, 0) is 31.7 Å². The summed E-state index contributed by atoms with van der Waals surface area (Å²) in [6.07, 6.45) is 6.37. The average Bonchev–Trinajstić information content (AvgIpc) is 2.51. The molecule has 0 aromatic rings. The van der Waals surface area contributed by atoms with Crippen LogP contribution in [0.3, 0.4) is 0 Å². The van der Waals surface area contributed by atoms with Crippen molar-refractivity contribution in [3.63, 3.8) is 0 Å². The maximum absolute atomic E-state index is 9.93. The van der Waals surface area contributed by atoms with Gasteiger partial charge in [-0.25, -0.2) is 0 Å². The smallest absolute Gasteiger partial charge is 0.0499 e. The van der Waals surface area contributed by atoms with E-state index in [0.29, 0.717) is 11.4 Å². The van der Waals surface area contributed by atoms with Crippen LogP contribution in [0.15, 0.2) is 0 Å². The predicted octanol–water partition coefficient (Wildman–Crippen LogP) is 3.39. The van der Waals surface area contributed by atoms with E-state index >= 15 is 0 Å². The van der Waals surface area contributed by atoms with Gasteiger partial charge in [-0.15, -0.1) is 0 Å². The van der Waals surface area contributed by atoms with Gasteiger partial charge in [0, 0.05) is 35.6 Å². The molecule has 1 saturated heterocycles. The number of hydrogen-bond donors (Lipinski definition) is 1. The van der Waals surface area contributed by atoms with Gasteiger partial charge in [-0.1, -0.05) is 33.6 Å². The summed E-state index contributed by atoms with van der Waals surface area (Å²) in [6, 6.07) is 0. The summed E-state index contributed by atoms with van der Waals surface area (Å²) in [5.74, 6) is 2.03. The first kappa shape index (κ1) is 15.7. The van der Waals surface area contributed by atoms with Crippen molar-refractivity contribution >= 4 is 11.8 Å². The monoisotopic (exact) mass is 285 g/mol. The van der Waals surface area contributed by atoms with Crippen LogP contribution in [0.25, 0.3) is 0 Å². The van der Waals surface area contributed by atoms with Crippen molar-refractivity contribution in [1.29, 1.82) is 0 Å². The van der Waals surface area contributed by atoms with Gasteiger partial charge in [0.15, 0.2) is 0 Å². The third-order valence-electron chi connectivity index (χ3n) is 5.01. The van der Waals surface area contributed by atoms with Crippen LogP contribution in [-0.4, -0.2) is 46.7 Å². The molecule has 1 N–H and O–H groups in total. The summed E-state index contributed by atoms with van der Waals surface area (Å²) >= 11 is 2.11. The van der Waals surface area contributed by atoms with Crippen LogP contribution in [0.5, 0.6) is 0 Å². The van der Waals surface area contributed by atoms with E-state index in [0.717, 1.165) is 12.5 Å². The molecule has 0 aromatic heterocycles. The molecule has 0 radical (unpaired) electrons. The summed E-state index contributed by atoms with van der Waals surface area (Å²) in [5.41, 5.74) is 0.191. The molecular weight excluding hydrogens is 254 g/mol. The van der Waals surface area contributed by atoms with Crippen molar-refractivity contribution in [2.75, 3.05) is 32.0 Å². The van der Waals surface area contributed by atoms with Crippen LogP contribution in [0.2, 0.25) is 0 Å². The summed E-state index contributed by atoms with van der Waals surface area (Å²) in [4.78, 5) is 2.62. The van der Waals surface area contributed by atoms with Gasteiger partial charge in [0.2, 0.25) is 0 Å². The Bertz CT molecular complexity index is 294. The highest BCUT2D eigenvalue weighted by Gasteiger charge is 2.36. The van der Waals surface area contributed by atoms with E-state index in [1.54, 1.807) is 0 Å². The van der Waals surface area contributed by atoms with E-state index in [-0.39, 0.29) is 5.41 Å². The minimum Gasteiger partial charge on any atom is -0.396 e. The molecule has 1 saturated carbocycles. The van der Waals surface area contributed by atoms with Crippen LogP contribution in [-0.2, 0) is 0 Å². The zero-order valence-electron chi connectivity index (χ0n) is 13.0. The summed E-state index contributed by atoms with van der Waals surface area (Å²) < 4.78 is 0.432. The van der Waals surface area contributed by atoms with E-state index in [1.165, 1.54) is 50.9 Å². The maximum Gasteiger partial charge on any atom is 0.0499 e. The van der Waals surface area contributed by atoms with Gasteiger partial charge >= 0.3 is 0 Å². The Morgan fingerprint density at radius 1 is 1.26 bits per heavy atom. The highest BCUT2D eigenvalue weighted by molar-refractivity contribution is 8.00. The second kappa shape index (κ2) is 6.36. The highest BCUT2D eigenvalue weighted by Crippen LogP contribution is 2.40. The fourth-order valence-electron chi connectivity index (χ4n) is 3.80. The lowest BCUT2D eigenvalue weighted by Crippen LogP contribution is -2.44. The molecule has 2 aliphatic rings. The summed E-state index contributed by atoms with van der Waals surface area (Å²) in [7, 11) is 0. The minimum atomic E-state index is 0.191. The Hall–Kier alpha value is 0.270. The minimum absolute atomic E-state index is 0.191. The van der Waals surface area contributed by atoms with Gasteiger partial charge in [0.05, 0.1) is 0 Å². The average molecular weight is 285 g/mol. The van der Waals surface area contributed by atoms with Crippen molar-refractivity contribution in [2.45, 2.75) is 57.6 Å². The standard InChI is InChI=1S/C16H31NOS/c1-14-5-4-6-16(11-14,13-18)12-17-8-7-15(2,3)19-10-9-17/h14,18H,4-13H2,1-3H3. The molecule has 2 rings (SSSR count). The summed E-state index contributed by atoms with van der Waals surface area (Å²) in [6.45, 7) is 11.0. The van der Waals surface area contributed by atoms with Crippen molar-refractivity contribution < 1.29 is 5.11 Å². The van der Waals surface area contributed by atoms with Crippen LogP contribution < -0.4 is 0 Å². The molecule has 0 amide bonds. The molecule has 112 valence electrons. The van der Waals surface area contributed by atoms with Crippen molar-refractivity contribution in [1.82, 2.24) is 4.90 Å². The zero-order chi connectivity index (χ0) is 13.9. The molecule has 2 atom stereocenters. The van der Waals surface area contributed by atoms with Crippen LogP contribution in [0.4, 0.5) is 0 Å². The second-order valence-corrected chi connectivity index (χ2v) is 9.30. The van der Waals surface area contributed by atoms with Crippen molar-refractivity contribution in [2.24, 2.45) is 11.3 Å². The zero-order valence-corrected chi connectivity index (χ0v) is 13.8. The lowest BCUT2D eigenvalue weighted by atomic mass is 9.70. The normalized spacial score (nSPS) is 36.9. The molecule has 1 aliphatic carbocycles. The molecule has 2 nitrogen and oxygen atoms in total. The van der Waals surface area contributed by atoms with Gasteiger partial charge in [-0.3, -0.25) is 0 Å². The Kier molecular flexibility index (Phi) is 5.24. The predicted molar refractivity (Wildman–Crippen MR) is 84.7 cm³/mol. The summed E-state index contributed by atoms with van der Waals surface area (Å²) in [5, 5.41) is 9.93. The number of aliphatic hydroxyl groups is 1. The number of thioether (sulfide) groups is 1. The van der Waals surface area contributed by atoms with E-state index < -0.39 is 0 Å². The number of nitrogens with zero attached hydrogens (tertiary/aromatic N) is 1. The Labute approximate surface area is 123 Å². The molecule has 0 spiro atoms. The number of aliphatic hydroxyl groups excluding tert-OH is 1. The van der Waals surface area contributed by atoms with E-state index in [4.69, 9.17) is 0 Å². The van der Waals surface area contributed by atoms with E-state index in [9.17, 15) is 5.11 Å². The van der Waals surface area contributed by atoms with Gasteiger partial charge in [0.1, 0.15) is 0 Å². The largest absolute Gasteiger partial charge is 0.396 e. The van der Waals surface area contributed by atoms with E-state index in [2.05, 4.69) is 37.4 Å². The third-order valence-corrected chi connectivity index (χ3v) is 6.38. The first-order valence-corrected chi connectivity index (χ1v) is 8.90. The molecule has 2 unspecified atom stereocenters. The Morgan fingerprint density at radius 3 is 2.74 bits per heavy atom. The number of rotatable bonds is 3. The number of hydrogen-bond acceptors (Lipinski definition) is 3. The first-order chi connectivity index (χ1) is 8.95. The fraction of sp³-hybridized carbons (Fsp3) is 1.00. The quantitative estimate of drug-likeness (QED) is 0.860. The molecule has 0 bridgehead atoms. The van der Waals surface area contributed by atoms with Gasteiger partial charge in [-0.2, -0.15) is 11.8 Å². The molecule has 0 aromatic carbocycles. The van der Waals surface area contributed by atoms with Crippen LogP contribution in [0.1, 0.15) is 52.9 Å². The molecule has 2 fully saturated rings. The molecule has 1 heterocycles. The lowest BCUT2D eigenvalue weighted by molar-refractivity contribution is 0.0253. The third kappa shape index (κ3) is 4.37. The first-order valence-electron chi connectivity index (χ1n) is 7.92. The fourth-order valence-corrected chi connectivity index (χ4v) is 4.94. The Morgan fingerprint density at radius 2 is 2.05 bits per heavy atom. The maximum atomic E-state index is 9.93. The van der Waals surface area contributed by atoms with Crippen LogP contribution >= 0.6 is 11.8 Å². The topological polar surface area (TPSA) is 23.5 Å². The molecule has 1 aliphatic heterocycles. The molecule has 3 heteroatoms. The van der Waals surface area contributed by atoms with Gasteiger partial charge < -0.3 is 10.0 Å². The Balaban J connectivity index is 1.94. The highest BCUT2D eigenvalue weighted by atomic mass is 32.2. The van der Waals surface area contributed by atoms with Crippen molar-refractivity contribution in [3.05, 3.63) is 0 Å². The SMILES string of the molecule is CC1CCCC(CO)(CN2CCSC(C)(C)CC2)C1. The van der Waals surface area contributed by atoms with Gasteiger partial charge in [0.25, 0.3) is 0 Å². The van der Waals surface area contributed by atoms with E-state index in [1.807, 2.05) is 0 Å². The lowest BCUT2D eigenvalue weighted by Gasteiger charge is -2.42.